The summed E-state index contributed by atoms with van der Waals surface area (Å²) in [6.07, 6.45) is 0.379. The standard InChI is InChI=1S/C24H28N2O9/c1-31-20-17(19(23(29)34-4)24(30)35-5)16(18(21(27)32-2)22(28)33-3)15(11-25)13-26(20)12-14-9-7-6-8-10-14/h6-10,13,16-20H,12H2,1-5H3/t16-,17-,20-/m0/s1. The number of hydrogen-bond acceptors (Lipinski definition) is 11. The van der Waals surface area contributed by atoms with Crippen molar-refractivity contribution in [1.29, 1.82) is 5.26 Å². The lowest BCUT2D eigenvalue weighted by Crippen LogP contribution is -2.56. The van der Waals surface area contributed by atoms with Crippen LogP contribution in [0.25, 0.3) is 0 Å². The predicted molar refractivity (Wildman–Crippen MR) is 119 cm³/mol. The minimum atomic E-state index is -1.67. The number of nitrogens with zero attached hydrogens (tertiary/aromatic N) is 2. The van der Waals surface area contributed by atoms with Crippen LogP contribution in [0.2, 0.25) is 0 Å². The van der Waals surface area contributed by atoms with Gasteiger partial charge in [-0.3, -0.25) is 19.2 Å². The summed E-state index contributed by atoms with van der Waals surface area (Å²) in [5.41, 5.74) is 0.781. The quantitative estimate of drug-likeness (QED) is 0.279. The zero-order valence-corrected chi connectivity index (χ0v) is 20.1. The smallest absolute Gasteiger partial charge is 0.320 e. The number of methoxy groups -OCH3 is 5. The van der Waals surface area contributed by atoms with E-state index in [4.69, 9.17) is 23.7 Å². The van der Waals surface area contributed by atoms with Crippen LogP contribution in [-0.4, -0.2) is 70.6 Å². The van der Waals surface area contributed by atoms with Gasteiger partial charge in [-0.25, -0.2) is 0 Å². The Morgan fingerprint density at radius 3 is 1.77 bits per heavy atom. The van der Waals surface area contributed by atoms with Gasteiger partial charge in [0.2, 0.25) is 0 Å². The molecule has 0 fully saturated rings. The second-order valence-corrected chi connectivity index (χ2v) is 7.63. The fourth-order valence-electron chi connectivity index (χ4n) is 4.35. The molecule has 0 saturated heterocycles. The van der Waals surface area contributed by atoms with Crippen molar-refractivity contribution in [3.05, 3.63) is 47.7 Å². The van der Waals surface area contributed by atoms with E-state index < -0.39 is 53.8 Å². The first-order chi connectivity index (χ1) is 16.8. The molecule has 0 N–H and O–H groups in total. The van der Waals surface area contributed by atoms with Crippen LogP contribution < -0.4 is 0 Å². The van der Waals surface area contributed by atoms with E-state index in [0.717, 1.165) is 34.0 Å². The summed E-state index contributed by atoms with van der Waals surface area (Å²) in [6, 6.07) is 11.2. The van der Waals surface area contributed by atoms with E-state index in [-0.39, 0.29) is 12.1 Å². The van der Waals surface area contributed by atoms with Gasteiger partial charge in [-0.2, -0.15) is 5.26 Å². The monoisotopic (exact) mass is 488 g/mol. The van der Waals surface area contributed by atoms with Crippen LogP contribution in [0.4, 0.5) is 0 Å². The van der Waals surface area contributed by atoms with Crippen molar-refractivity contribution in [2.75, 3.05) is 35.5 Å². The van der Waals surface area contributed by atoms with E-state index in [1.807, 2.05) is 36.4 Å². The number of carbonyl (C=O) groups is 4. The zero-order chi connectivity index (χ0) is 26.1. The second-order valence-electron chi connectivity index (χ2n) is 7.63. The minimum absolute atomic E-state index is 0.0576. The Balaban J connectivity index is 2.81. The van der Waals surface area contributed by atoms with Crippen molar-refractivity contribution >= 4 is 23.9 Å². The summed E-state index contributed by atoms with van der Waals surface area (Å²) in [4.78, 5) is 52.8. The molecule has 0 aliphatic carbocycles. The molecule has 0 unspecified atom stereocenters. The summed E-state index contributed by atoms with van der Waals surface area (Å²) in [7, 11) is 5.64. The molecule has 0 aromatic heterocycles. The Labute approximate surface area is 203 Å². The van der Waals surface area contributed by atoms with E-state index in [0.29, 0.717) is 0 Å². The Morgan fingerprint density at radius 1 is 0.857 bits per heavy atom. The molecular weight excluding hydrogens is 460 g/mol. The topological polar surface area (TPSA) is 141 Å². The summed E-state index contributed by atoms with van der Waals surface area (Å²) in [5.74, 6) is -9.91. The molecule has 188 valence electrons. The molecule has 0 amide bonds. The van der Waals surface area contributed by atoms with Crippen molar-refractivity contribution in [2.24, 2.45) is 23.7 Å². The number of benzene rings is 1. The van der Waals surface area contributed by atoms with Crippen LogP contribution in [0.5, 0.6) is 0 Å². The predicted octanol–water partition coefficient (Wildman–Crippen LogP) is 1.04. The first-order valence-corrected chi connectivity index (χ1v) is 10.5. The Bertz CT molecular complexity index is 970. The summed E-state index contributed by atoms with van der Waals surface area (Å²) in [5, 5.41) is 10.0. The minimum Gasteiger partial charge on any atom is -0.468 e. The molecule has 0 spiro atoms. The van der Waals surface area contributed by atoms with Gasteiger partial charge in [0.1, 0.15) is 6.23 Å². The van der Waals surface area contributed by atoms with Gasteiger partial charge in [-0.15, -0.1) is 0 Å². The SMILES string of the molecule is COC(=O)C(C(=O)OC)[C@@H]1[C@@H](C(C(=O)OC)C(=O)OC)C(C#N)=CN(Cc2ccccc2)[C@H]1OC. The number of carbonyl (C=O) groups excluding carboxylic acids is 4. The van der Waals surface area contributed by atoms with Crippen molar-refractivity contribution in [1.82, 2.24) is 4.90 Å². The highest BCUT2D eigenvalue weighted by Crippen LogP contribution is 2.43. The first-order valence-electron chi connectivity index (χ1n) is 10.5. The van der Waals surface area contributed by atoms with Gasteiger partial charge in [-0.1, -0.05) is 30.3 Å². The maximum absolute atomic E-state index is 12.8. The van der Waals surface area contributed by atoms with E-state index >= 15 is 0 Å². The van der Waals surface area contributed by atoms with Crippen molar-refractivity contribution in [2.45, 2.75) is 12.8 Å². The van der Waals surface area contributed by atoms with Crippen LogP contribution in [0.1, 0.15) is 5.56 Å². The number of rotatable bonds is 9. The molecule has 3 atom stereocenters. The average Bonchev–Trinajstić information content (AvgIpc) is 2.89. The third kappa shape index (κ3) is 5.78. The summed E-state index contributed by atoms with van der Waals surface area (Å²) in [6.45, 7) is 0.226. The Kier molecular flexibility index (Phi) is 9.78. The van der Waals surface area contributed by atoms with Gasteiger partial charge >= 0.3 is 23.9 Å². The molecule has 11 nitrogen and oxygen atoms in total. The van der Waals surface area contributed by atoms with Crippen LogP contribution in [0.3, 0.4) is 0 Å². The van der Waals surface area contributed by atoms with Gasteiger partial charge in [0.25, 0.3) is 0 Å². The largest absolute Gasteiger partial charge is 0.468 e. The van der Waals surface area contributed by atoms with Gasteiger partial charge in [-0.05, 0) is 5.56 Å². The fraction of sp³-hybridized carbons (Fsp3) is 0.458. The third-order valence-electron chi connectivity index (χ3n) is 5.88. The number of nitriles is 1. The molecule has 1 aromatic carbocycles. The number of allylic oxidation sites excluding steroid dienone is 1. The summed E-state index contributed by atoms with van der Waals surface area (Å²) >= 11 is 0. The zero-order valence-electron chi connectivity index (χ0n) is 20.1. The van der Waals surface area contributed by atoms with Crippen molar-refractivity contribution in [3.63, 3.8) is 0 Å². The maximum atomic E-state index is 12.8. The lowest BCUT2D eigenvalue weighted by Gasteiger charge is -2.45. The lowest BCUT2D eigenvalue weighted by molar-refractivity contribution is -0.180. The van der Waals surface area contributed by atoms with Gasteiger partial charge in [0.15, 0.2) is 11.8 Å². The van der Waals surface area contributed by atoms with Gasteiger partial charge in [0, 0.05) is 31.7 Å². The molecule has 1 heterocycles. The lowest BCUT2D eigenvalue weighted by atomic mass is 9.68. The highest BCUT2D eigenvalue weighted by atomic mass is 16.6. The average molecular weight is 488 g/mol. The maximum Gasteiger partial charge on any atom is 0.320 e. The Hall–Kier alpha value is -3.91. The molecule has 1 aromatic rings. The Morgan fingerprint density at radius 2 is 1.34 bits per heavy atom. The molecule has 0 saturated carbocycles. The molecule has 0 bridgehead atoms. The highest BCUT2D eigenvalue weighted by molar-refractivity contribution is 5.98. The summed E-state index contributed by atoms with van der Waals surface area (Å²) < 4.78 is 25.0. The normalized spacial score (nSPS) is 19.4. The fourth-order valence-corrected chi connectivity index (χ4v) is 4.35. The molecular formula is C24H28N2O9. The van der Waals surface area contributed by atoms with Crippen LogP contribution in [0.15, 0.2) is 42.1 Å². The van der Waals surface area contributed by atoms with E-state index in [1.54, 1.807) is 4.90 Å². The van der Waals surface area contributed by atoms with E-state index in [1.165, 1.54) is 13.3 Å². The van der Waals surface area contributed by atoms with Gasteiger partial charge < -0.3 is 28.6 Å². The van der Waals surface area contributed by atoms with Crippen LogP contribution in [-0.2, 0) is 49.4 Å². The van der Waals surface area contributed by atoms with Crippen LogP contribution in [0, 0.1) is 35.0 Å². The van der Waals surface area contributed by atoms with Crippen molar-refractivity contribution < 1.29 is 42.9 Å². The van der Waals surface area contributed by atoms with E-state index in [2.05, 4.69) is 0 Å². The third-order valence-corrected chi connectivity index (χ3v) is 5.88. The first kappa shape index (κ1) is 27.3. The second kappa shape index (κ2) is 12.5. The van der Waals surface area contributed by atoms with E-state index in [9.17, 15) is 24.4 Å². The van der Waals surface area contributed by atoms with Gasteiger partial charge in [0.05, 0.1) is 40.1 Å². The molecule has 11 heteroatoms. The number of hydrogen-bond donors (Lipinski definition) is 0. The molecule has 1 aliphatic heterocycles. The number of esters is 4. The number of ether oxygens (including phenoxy) is 5. The molecule has 2 rings (SSSR count). The molecule has 35 heavy (non-hydrogen) atoms. The van der Waals surface area contributed by atoms with Crippen LogP contribution >= 0.6 is 0 Å². The van der Waals surface area contributed by atoms with Crippen molar-refractivity contribution in [3.8, 4) is 6.07 Å². The molecule has 0 radical (unpaired) electrons. The highest BCUT2D eigenvalue weighted by Gasteiger charge is 2.56. The molecule has 1 aliphatic rings.